The van der Waals surface area contributed by atoms with E-state index in [2.05, 4.69) is 0 Å². The van der Waals surface area contributed by atoms with Crippen LogP contribution in [-0.2, 0) is 11.3 Å². The molecule has 0 saturated heterocycles. The van der Waals surface area contributed by atoms with Gasteiger partial charge in [0.15, 0.2) is 5.78 Å². The molecular weight excluding hydrogens is 302 g/mol. The number of benzene rings is 2. The first-order valence-corrected chi connectivity index (χ1v) is 6.63. The SMILES string of the molecule is O=C(COCc1ccccc1F)c1ccc(Cl)c(Cl)c1. The van der Waals surface area contributed by atoms with E-state index in [1.54, 1.807) is 30.3 Å². The minimum Gasteiger partial charge on any atom is -0.369 e. The maximum Gasteiger partial charge on any atom is 0.188 e. The van der Waals surface area contributed by atoms with Gasteiger partial charge in [-0.25, -0.2) is 4.39 Å². The number of Topliss-reactive ketones (excluding diaryl/α,β-unsaturated/α-hetero) is 1. The normalized spacial score (nSPS) is 10.6. The summed E-state index contributed by atoms with van der Waals surface area (Å²) in [5.41, 5.74) is 0.822. The molecule has 0 unspecified atom stereocenters. The standard InChI is InChI=1S/C15H11Cl2FO2/c16-12-6-5-10(7-13(12)17)15(19)9-20-8-11-3-1-2-4-14(11)18/h1-7H,8-9H2. The van der Waals surface area contributed by atoms with Crippen molar-refractivity contribution < 1.29 is 13.9 Å². The van der Waals surface area contributed by atoms with Crippen molar-refractivity contribution in [1.29, 1.82) is 0 Å². The van der Waals surface area contributed by atoms with E-state index < -0.39 is 0 Å². The zero-order valence-corrected chi connectivity index (χ0v) is 11.9. The quantitative estimate of drug-likeness (QED) is 0.758. The molecule has 20 heavy (non-hydrogen) atoms. The highest BCUT2D eigenvalue weighted by atomic mass is 35.5. The lowest BCUT2D eigenvalue weighted by atomic mass is 10.1. The van der Waals surface area contributed by atoms with Gasteiger partial charge in [0.2, 0.25) is 0 Å². The topological polar surface area (TPSA) is 26.3 Å². The third-order valence-corrected chi connectivity index (χ3v) is 3.43. The van der Waals surface area contributed by atoms with Gasteiger partial charge in [0.25, 0.3) is 0 Å². The van der Waals surface area contributed by atoms with E-state index in [4.69, 9.17) is 27.9 Å². The van der Waals surface area contributed by atoms with Crippen molar-refractivity contribution in [3.63, 3.8) is 0 Å². The highest BCUT2D eigenvalue weighted by molar-refractivity contribution is 6.42. The molecule has 2 aromatic rings. The number of halogens is 3. The van der Waals surface area contributed by atoms with Gasteiger partial charge in [-0.15, -0.1) is 0 Å². The van der Waals surface area contributed by atoms with Crippen molar-refractivity contribution in [3.8, 4) is 0 Å². The molecule has 5 heteroatoms. The predicted octanol–water partition coefficient (Wildman–Crippen LogP) is 4.53. The Hall–Kier alpha value is -1.42. The van der Waals surface area contributed by atoms with Crippen LogP contribution < -0.4 is 0 Å². The van der Waals surface area contributed by atoms with Gasteiger partial charge in [0.05, 0.1) is 16.7 Å². The second kappa shape index (κ2) is 6.84. The Kier molecular flexibility index (Phi) is 5.12. The van der Waals surface area contributed by atoms with Crippen molar-refractivity contribution in [2.45, 2.75) is 6.61 Å². The number of ketones is 1. The summed E-state index contributed by atoms with van der Waals surface area (Å²) >= 11 is 11.6. The fourth-order valence-corrected chi connectivity index (χ4v) is 1.92. The van der Waals surface area contributed by atoms with E-state index in [9.17, 15) is 9.18 Å². The minimum absolute atomic E-state index is 0.0414. The Labute approximate surface area is 126 Å². The fraction of sp³-hybridized carbons (Fsp3) is 0.133. The van der Waals surface area contributed by atoms with Crippen LogP contribution in [0, 0.1) is 5.82 Å². The Morgan fingerprint density at radius 3 is 2.55 bits per heavy atom. The Bertz CT molecular complexity index is 629. The lowest BCUT2D eigenvalue weighted by Gasteiger charge is -2.06. The van der Waals surface area contributed by atoms with E-state index in [1.807, 2.05) is 0 Å². The van der Waals surface area contributed by atoms with E-state index in [0.717, 1.165) is 0 Å². The maximum absolute atomic E-state index is 13.3. The van der Waals surface area contributed by atoms with Crippen LogP contribution in [0.15, 0.2) is 42.5 Å². The van der Waals surface area contributed by atoms with Crippen LogP contribution in [0.3, 0.4) is 0 Å². The molecule has 104 valence electrons. The molecule has 0 radical (unpaired) electrons. The summed E-state index contributed by atoms with van der Waals surface area (Å²) in [6.07, 6.45) is 0. The van der Waals surface area contributed by atoms with Gasteiger partial charge >= 0.3 is 0 Å². The molecule has 0 heterocycles. The zero-order chi connectivity index (χ0) is 14.5. The summed E-state index contributed by atoms with van der Waals surface area (Å²) in [4.78, 5) is 11.9. The average molecular weight is 313 g/mol. The number of carbonyl (C=O) groups excluding carboxylic acids is 1. The average Bonchev–Trinajstić information content (AvgIpc) is 2.44. The Morgan fingerprint density at radius 1 is 1.10 bits per heavy atom. The molecule has 0 bridgehead atoms. The molecule has 0 fully saturated rings. The van der Waals surface area contributed by atoms with Crippen LogP contribution >= 0.6 is 23.2 Å². The molecule has 0 amide bonds. The molecule has 2 nitrogen and oxygen atoms in total. The fourth-order valence-electron chi connectivity index (χ4n) is 1.62. The number of carbonyl (C=O) groups is 1. The van der Waals surface area contributed by atoms with Gasteiger partial charge in [-0.1, -0.05) is 41.4 Å². The van der Waals surface area contributed by atoms with Gasteiger partial charge in [0.1, 0.15) is 12.4 Å². The molecule has 0 N–H and O–H groups in total. The third kappa shape index (κ3) is 3.79. The second-order valence-electron chi connectivity index (χ2n) is 4.14. The van der Waals surface area contributed by atoms with Crippen molar-refractivity contribution in [2.24, 2.45) is 0 Å². The molecule has 0 aliphatic rings. The second-order valence-corrected chi connectivity index (χ2v) is 4.95. The highest BCUT2D eigenvalue weighted by Crippen LogP contribution is 2.22. The molecule has 0 aliphatic carbocycles. The molecule has 0 atom stereocenters. The van der Waals surface area contributed by atoms with Crippen molar-refractivity contribution in [2.75, 3.05) is 6.61 Å². The van der Waals surface area contributed by atoms with Crippen LogP contribution in [0.1, 0.15) is 15.9 Å². The maximum atomic E-state index is 13.3. The van der Waals surface area contributed by atoms with Crippen LogP contribution in [0.2, 0.25) is 10.0 Å². The van der Waals surface area contributed by atoms with E-state index in [1.165, 1.54) is 12.1 Å². The van der Waals surface area contributed by atoms with Crippen LogP contribution in [0.4, 0.5) is 4.39 Å². The Balaban J connectivity index is 1.92. The van der Waals surface area contributed by atoms with Gasteiger partial charge in [-0.3, -0.25) is 4.79 Å². The number of ether oxygens (including phenoxy) is 1. The molecule has 0 aromatic heterocycles. The summed E-state index contributed by atoms with van der Waals surface area (Å²) < 4.78 is 18.6. The molecule has 2 rings (SSSR count). The van der Waals surface area contributed by atoms with E-state index in [0.29, 0.717) is 21.2 Å². The van der Waals surface area contributed by atoms with Gasteiger partial charge < -0.3 is 4.74 Å². The smallest absolute Gasteiger partial charge is 0.188 e. The largest absolute Gasteiger partial charge is 0.369 e. The molecule has 2 aromatic carbocycles. The summed E-state index contributed by atoms with van der Waals surface area (Å²) in [7, 11) is 0. The van der Waals surface area contributed by atoms with Crippen molar-refractivity contribution in [3.05, 3.63) is 69.5 Å². The lowest BCUT2D eigenvalue weighted by Crippen LogP contribution is -2.09. The van der Waals surface area contributed by atoms with Crippen LogP contribution in [0.25, 0.3) is 0 Å². The first kappa shape index (κ1) is 15.0. The van der Waals surface area contributed by atoms with Crippen LogP contribution in [0.5, 0.6) is 0 Å². The van der Waals surface area contributed by atoms with Crippen molar-refractivity contribution >= 4 is 29.0 Å². The number of hydrogen-bond donors (Lipinski definition) is 0. The lowest BCUT2D eigenvalue weighted by molar-refractivity contribution is 0.0721. The first-order valence-electron chi connectivity index (χ1n) is 5.87. The minimum atomic E-state index is -0.352. The number of rotatable bonds is 5. The Morgan fingerprint density at radius 2 is 1.85 bits per heavy atom. The molecular formula is C15H11Cl2FO2. The van der Waals surface area contributed by atoms with Gasteiger partial charge in [-0.2, -0.15) is 0 Å². The number of hydrogen-bond acceptors (Lipinski definition) is 2. The van der Waals surface area contributed by atoms with E-state index in [-0.39, 0.29) is 24.8 Å². The summed E-state index contributed by atoms with van der Waals surface area (Å²) in [5.74, 6) is -0.589. The third-order valence-electron chi connectivity index (χ3n) is 2.69. The molecule has 0 aliphatic heterocycles. The van der Waals surface area contributed by atoms with Gasteiger partial charge in [-0.05, 0) is 24.3 Å². The summed E-state index contributed by atoms with van der Waals surface area (Å²) in [6, 6.07) is 10.9. The van der Waals surface area contributed by atoms with E-state index >= 15 is 0 Å². The van der Waals surface area contributed by atoms with Gasteiger partial charge in [0, 0.05) is 11.1 Å². The first-order chi connectivity index (χ1) is 9.58. The molecule has 0 saturated carbocycles. The summed E-state index contributed by atoms with van der Waals surface area (Å²) in [5, 5.41) is 0.696. The van der Waals surface area contributed by atoms with Crippen LogP contribution in [-0.4, -0.2) is 12.4 Å². The van der Waals surface area contributed by atoms with Crippen molar-refractivity contribution in [1.82, 2.24) is 0 Å². The summed E-state index contributed by atoms with van der Waals surface area (Å²) in [6.45, 7) is -0.105. The monoisotopic (exact) mass is 312 g/mol. The highest BCUT2D eigenvalue weighted by Gasteiger charge is 2.09. The zero-order valence-electron chi connectivity index (χ0n) is 10.4. The predicted molar refractivity (Wildman–Crippen MR) is 76.8 cm³/mol. The molecule has 0 spiro atoms.